The molecule has 3 aliphatic rings. The van der Waals surface area contributed by atoms with Crippen molar-refractivity contribution >= 4 is 0 Å². The zero-order chi connectivity index (χ0) is 13.3. The van der Waals surface area contributed by atoms with E-state index in [9.17, 15) is 0 Å². The topological polar surface area (TPSA) is 24.5 Å². The first kappa shape index (κ1) is 13.8. The fraction of sp³-hybridized carbons (Fsp3) is 1.00. The zero-order valence-corrected chi connectivity index (χ0v) is 12.7. The molecular formula is C16H30N2O. The van der Waals surface area contributed by atoms with Gasteiger partial charge in [0.05, 0.1) is 6.10 Å². The lowest BCUT2D eigenvalue weighted by molar-refractivity contribution is -0.00348. The molecule has 1 saturated carbocycles. The molecule has 2 aliphatic heterocycles. The van der Waals surface area contributed by atoms with E-state index >= 15 is 0 Å². The van der Waals surface area contributed by atoms with Crippen molar-refractivity contribution in [2.45, 2.75) is 82.5 Å². The van der Waals surface area contributed by atoms with Gasteiger partial charge in [-0.3, -0.25) is 4.90 Å². The second kappa shape index (κ2) is 5.71. The van der Waals surface area contributed by atoms with Gasteiger partial charge in [-0.2, -0.15) is 0 Å². The first-order valence-electron chi connectivity index (χ1n) is 8.36. The summed E-state index contributed by atoms with van der Waals surface area (Å²) in [6.45, 7) is 7.99. The zero-order valence-electron chi connectivity index (χ0n) is 12.7. The molecule has 0 aromatic rings. The van der Waals surface area contributed by atoms with Crippen LogP contribution in [0.4, 0.5) is 0 Å². The maximum atomic E-state index is 5.83. The predicted octanol–water partition coefficient (Wildman–Crippen LogP) is 2.55. The number of hydrogen-bond donors (Lipinski definition) is 1. The van der Waals surface area contributed by atoms with Crippen LogP contribution < -0.4 is 5.32 Å². The molecule has 3 nitrogen and oxygen atoms in total. The number of hydrogen-bond acceptors (Lipinski definition) is 3. The summed E-state index contributed by atoms with van der Waals surface area (Å²) in [5, 5.41) is 3.92. The summed E-state index contributed by atoms with van der Waals surface area (Å²) in [6, 6.07) is 1.37. The van der Waals surface area contributed by atoms with Gasteiger partial charge in [0.2, 0.25) is 0 Å². The Morgan fingerprint density at radius 1 is 1.26 bits per heavy atom. The van der Waals surface area contributed by atoms with Gasteiger partial charge in [0, 0.05) is 37.3 Å². The molecule has 2 saturated heterocycles. The minimum Gasteiger partial charge on any atom is -0.377 e. The molecular weight excluding hydrogens is 236 g/mol. The summed E-state index contributed by atoms with van der Waals surface area (Å²) in [6.07, 6.45) is 9.92. The van der Waals surface area contributed by atoms with Gasteiger partial charge in [0.1, 0.15) is 0 Å². The minimum absolute atomic E-state index is 0.423. The summed E-state index contributed by atoms with van der Waals surface area (Å²) >= 11 is 0. The number of rotatable bonds is 2. The van der Waals surface area contributed by atoms with Crippen LogP contribution in [0.3, 0.4) is 0 Å². The average molecular weight is 266 g/mol. The molecule has 0 radical (unpaired) electrons. The van der Waals surface area contributed by atoms with Crippen LogP contribution >= 0.6 is 0 Å². The highest BCUT2D eigenvalue weighted by Crippen LogP contribution is 2.35. The van der Waals surface area contributed by atoms with E-state index in [1.54, 1.807) is 0 Å². The lowest BCUT2D eigenvalue weighted by Crippen LogP contribution is -2.67. The van der Waals surface area contributed by atoms with Crippen molar-refractivity contribution in [1.82, 2.24) is 10.2 Å². The lowest BCUT2D eigenvalue weighted by Gasteiger charge is -2.52. The van der Waals surface area contributed by atoms with E-state index in [0.717, 1.165) is 6.61 Å². The highest BCUT2D eigenvalue weighted by atomic mass is 16.5. The van der Waals surface area contributed by atoms with Gasteiger partial charge in [-0.15, -0.1) is 0 Å². The average Bonchev–Trinajstić information content (AvgIpc) is 2.86. The predicted molar refractivity (Wildman–Crippen MR) is 78.4 cm³/mol. The van der Waals surface area contributed by atoms with Crippen LogP contribution in [-0.2, 0) is 4.74 Å². The van der Waals surface area contributed by atoms with Gasteiger partial charge in [-0.05, 0) is 32.6 Å². The molecule has 19 heavy (non-hydrogen) atoms. The van der Waals surface area contributed by atoms with E-state index in [0.29, 0.717) is 23.7 Å². The number of nitrogens with zero attached hydrogens (tertiary/aromatic N) is 1. The summed E-state index contributed by atoms with van der Waals surface area (Å²) < 4.78 is 5.83. The van der Waals surface area contributed by atoms with Crippen molar-refractivity contribution in [3.63, 3.8) is 0 Å². The summed E-state index contributed by atoms with van der Waals surface area (Å²) in [4.78, 5) is 2.81. The molecule has 1 aliphatic carbocycles. The molecule has 0 aromatic heterocycles. The quantitative estimate of drug-likeness (QED) is 0.831. The molecule has 3 unspecified atom stereocenters. The summed E-state index contributed by atoms with van der Waals surface area (Å²) in [5.74, 6) is 0. The third-order valence-corrected chi connectivity index (χ3v) is 5.71. The molecule has 0 aromatic carbocycles. The molecule has 3 atom stereocenters. The fourth-order valence-corrected chi connectivity index (χ4v) is 4.47. The van der Waals surface area contributed by atoms with Crippen molar-refractivity contribution in [3.05, 3.63) is 0 Å². The highest BCUT2D eigenvalue weighted by Gasteiger charge is 2.43. The van der Waals surface area contributed by atoms with Crippen LogP contribution in [0.25, 0.3) is 0 Å². The molecule has 110 valence electrons. The van der Waals surface area contributed by atoms with E-state index in [1.807, 2.05) is 0 Å². The number of ether oxygens (including phenoxy) is 1. The Balaban J connectivity index is 1.74. The Kier molecular flexibility index (Phi) is 4.16. The summed E-state index contributed by atoms with van der Waals surface area (Å²) in [7, 11) is 0. The van der Waals surface area contributed by atoms with E-state index in [2.05, 4.69) is 24.1 Å². The van der Waals surface area contributed by atoms with Crippen LogP contribution in [0.15, 0.2) is 0 Å². The van der Waals surface area contributed by atoms with Gasteiger partial charge in [0.15, 0.2) is 0 Å². The number of nitrogens with one attached hydrogen (secondary N) is 1. The first-order valence-corrected chi connectivity index (χ1v) is 8.36. The van der Waals surface area contributed by atoms with Crippen molar-refractivity contribution < 1.29 is 4.74 Å². The number of piperazine rings is 1. The first-order chi connectivity index (χ1) is 9.24. The third kappa shape index (κ3) is 2.70. The van der Waals surface area contributed by atoms with Gasteiger partial charge in [-0.1, -0.05) is 26.2 Å². The molecule has 2 heterocycles. The molecule has 0 bridgehead atoms. The van der Waals surface area contributed by atoms with Crippen LogP contribution in [0.5, 0.6) is 0 Å². The molecule has 1 spiro atoms. The van der Waals surface area contributed by atoms with Gasteiger partial charge in [-0.25, -0.2) is 0 Å². The molecule has 1 N–H and O–H groups in total. The Morgan fingerprint density at radius 2 is 2.05 bits per heavy atom. The Labute approximate surface area is 118 Å². The maximum absolute atomic E-state index is 5.83. The standard InChI is InChI=1S/C16H30N2O/c1-3-14-11-17-16(8-5-4-6-9-16)12-18(14)15-7-10-19-13(15)2/h13-15,17H,3-12H2,1-2H3. The second-order valence-electron chi connectivity index (χ2n) is 6.89. The Bertz CT molecular complexity index is 301. The van der Waals surface area contributed by atoms with Crippen molar-refractivity contribution in [3.8, 4) is 0 Å². The van der Waals surface area contributed by atoms with E-state index in [1.165, 1.54) is 58.0 Å². The summed E-state index contributed by atoms with van der Waals surface area (Å²) in [5.41, 5.74) is 0.423. The molecule has 3 fully saturated rings. The van der Waals surface area contributed by atoms with Crippen LogP contribution in [-0.4, -0.2) is 48.3 Å². The SMILES string of the molecule is CCC1CNC2(CCCCC2)CN1C1CCOC1C. The Hall–Kier alpha value is -0.120. The molecule has 3 rings (SSSR count). The van der Waals surface area contributed by atoms with Crippen LogP contribution in [0.2, 0.25) is 0 Å². The highest BCUT2D eigenvalue weighted by molar-refractivity contribution is 5.02. The third-order valence-electron chi connectivity index (χ3n) is 5.71. The van der Waals surface area contributed by atoms with Crippen molar-refractivity contribution in [2.75, 3.05) is 19.7 Å². The van der Waals surface area contributed by atoms with Gasteiger partial charge in [0.25, 0.3) is 0 Å². The van der Waals surface area contributed by atoms with Crippen molar-refractivity contribution in [1.29, 1.82) is 0 Å². The van der Waals surface area contributed by atoms with Crippen molar-refractivity contribution in [2.24, 2.45) is 0 Å². The fourth-order valence-electron chi connectivity index (χ4n) is 4.47. The smallest absolute Gasteiger partial charge is 0.0703 e. The van der Waals surface area contributed by atoms with Gasteiger partial charge < -0.3 is 10.1 Å². The largest absolute Gasteiger partial charge is 0.377 e. The van der Waals surface area contributed by atoms with E-state index in [4.69, 9.17) is 4.74 Å². The van der Waals surface area contributed by atoms with E-state index < -0.39 is 0 Å². The van der Waals surface area contributed by atoms with Gasteiger partial charge >= 0.3 is 0 Å². The van der Waals surface area contributed by atoms with Crippen LogP contribution in [0, 0.1) is 0 Å². The molecule has 0 amide bonds. The second-order valence-corrected chi connectivity index (χ2v) is 6.89. The van der Waals surface area contributed by atoms with E-state index in [-0.39, 0.29) is 0 Å². The monoisotopic (exact) mass is 266 g/mol. The molecule has 3 heteroatoms. The maximum Gasteiger partial charge on any atom is 0.0703 e. The normalized spacial score (nSPS) is 39.8. The van der Waals surface area contributed by atoms with Crippen LogP contribution in [0.1, 0.15) is 58.8 Å². The minimum atomic E-state index is 0.423. The Morgan fingerprint density at radius 3 is 2.68 bits per heavy atom. The lowest BCUT2D eigenvalue weighted by atomic mass is 9.78.